The zero-order valence-electron chi connectivity index (χ0n) is 23.6. The number of hydrogen-bond acceptors (Lipinski definition) is 5. The molecule has 0 amide bonds. The van der Waals surface area contributed by atoms with Gasteiger partial charge < -0.3 is 19.3 Å². The summed E-state index contributed by atoms with van der Waals surface area (Å²) in [6, 6.07) is 4.92. The maximum atomic E-state index is 12.2. The number of ether oxygens (including phenoxy) is 3. The van der Waals surface area contributed by atoms with Crippen LogP contribution in [0.25, 0.3) is 0 Å². The van der Waals surface area contributed by atoms with Gasteiger partial charge in [-0.1, -0.05) is 26.8 Å². The summed E-state index contributed by atoms with van der Waals surface area (Å²) in [6.07, 6.45) is 9.11. The number of fused-ring (bicyclic) bond motifs is 3. The van der Waals surface area contributed by atoms with E-state index in [9.17, 15) is 5.11 Å². The first kappa shape index (κ1) is 25.0. The Morgan fingerprint density at radius 1 is 1.03 bits per heavy atom. The smallest absolute Gasteiger partial charge is 0.164 e. The summed E-state index contributed by atoms with van der Waals surface area (Å²) in [5.74, 6) is 2.74. The van der Waals surface area contributed by atoms with Gasteiger partial charge in [-0.05, 0) is 93.2 Å². The summed E-state index contributed by atoms with van der Waals surface area (Å²) in [5.41, 5.74) is 1.50. The van der Waals surface area contributed by atoms with E-state index in [1.165, 1.54) is 30.5 Å². The molecule has 5 nitrogen and oxygen atoms in total. The summed E-state index contributed by atoms with van der Waals surface area (Å²) in [7, 11) is 5.45. The number of aliphatic hydroxyl groups is 1. The quantitative estimate of drug-likeness (QED) is 0.574. The van der Waals surface area contributed by atoms with E-state index in [1.807, 2.05) is 7.11 Å². The lowest BCUT2D eigenvalue weighted by atomic mass is 9.33. The molecule has 1 N–H and O–H groups in total. The Labute approximate surface area is 217 Å². The highest BCUT2D eigenvalue weighted by molar-refractivity contribution is 5.59. The Kier molecular flexibility index (Phi) is 5.46. The van der Waals surface area contributed by atoms with Gasteiger partial charge >= 0.3 is 0 Å². The van der Waals surface area contributed by atoms with Crippen molar-refractivity contribution in [3.05, 3.63) is 23.3 Å². The number of benzene rings is 1. The summed E-state index contributed by atoms with van der Waals surface area (Å²) >= 11 is 0. The standard InChI is InChI=1S/C31H47NO4/c1-27(2,3)28(4,33)23-17-29-12-13-31(23,36-7)19-30(29)14-15-32(18-20-8-9-20)24(29)16-21-10-11-22(34-5)26(35-6)25(21)30/h10-11,20,23-24,33H,8-9,12-19H2,1-7H3/t23-,24-,28+,29-,30-,31+/m1/s1. The van der Waals surface area contributed by atoms with Crippen LogP contribution in [0.5, 0.6) is 11.5 Å². The summed E-state index contributed by atoms with van der Waals surface area (Å²) in [6.45, 7) is 11.0. The highest BCUT2D eigenvalue weighted by atomic mass is 16.5. The second-order valence-electron chi connectivity index (χ2n) is 14.1. The van der Waals surface area contributed by atoms with E-state index in [0.29, 0.717) is 6.04 Å². The number of rotatable bonds is 6. The van der Waals surface area contributed by atoms with E-state index in [4.69, 9.17) is 14.2 Å². The molecule has 200 valence electrons. The Morgan fingerprint density at radius 2 is 1.78 bits per heavy atom. The fourth-order valence-electron chi connectivity index (χ4n) is 9.45. The van der Waals surface area contributed by atoms with Gasteiger partial charge in [-0.3, -0.25) is 4.90 Å². The molecule has 5 heteroatoms. The Hall–Kier alpha value is -1.30. The largest absolute Gasteiger partial charge is 0.493 e. The fraction of sp³-hybridized carbons (Fsp3) is 0.806. The van der Waals surface area contributed by atoms with Crippen LogP contribution in [0.1, 0.15) is 83.8 Å². The second-order valence-corrected chi connectivity index (χ2v) is 14.1. The molecular formula is C31H47NO4. The van der Waals surface area contributed by atoms with Crippen molar-refractivity contribution in [3.8, 4) is 11.5 Å². The van der Waals surface area contributed by atoms with Crippen LogP contribution in [0.4, 0.5) is 0 Å². The van der Waals surface area contributed by atoms with Crippen LogP contribution >= 0.6 is 0 Å². The third-order valence-electron chi connectivity index (χ3n) is 12.0. The van der Waals surface area contributed by atoms with Crippen molar-refractivity contribution in [1.82, 2.24) is 4.90 Å². The zero-order chi connectivity index (χ0) is 25.7. The van der Waals surface area contributed by atoms with Crippen LogP contribution in [-0.2, 0) is 16.6 Å². The van der Waals surface area contributed by atoms with Crippen molar-refractivity contribution >= 4 is 0 Å². The number of methoxy groups -OCH3 is 3. The monoisotopic (exact) mass is 497 g/mol. The molecule has 1 aliphatic heterocycles. The lowest BCUT2D eigenvalue weighted by Crippen LogP contribution is -2.78. The molecule has 6 atom stereocenters. The Morgan fingerprint density at radius 3 is 2.39 bits per heavy atom. The first-order valence-electron chi connectivity index (χ1n) is 14.2. The predicted molar refractivity (Wildman–Crippen MR) is 142 cm³/mol. The van der Waals surface area contributed by atoms with Crippen molar-refractivity contribution in [1.29, 1.82) is 0 Å². The van der Waals surface area contributed by atoms with Gasteiger partial charge in [0.05, 0.1) is 25.4 Å². The minimum Gasteiger partial charge on any atom is -0.493 e. The molecule has 5 fully saturated rings. The van der Waals surface area contributed by atoms with Gasteiger partial charge in [0, 0.05) is 36.6 Å². The normalized spacial score (nSPS) is 39.2. The zero-order valence-corrected chi connectivity index (χ0v) is 23.6. The van der Waals surface area contributed by atoms with E-state index in [1.54, 1.807) is 14.2 Å². The van der Waals surface area contributed by atoms with E-state index >= 15 is 0 Å². The number of likely N-dealkylation sites (tertiary alicyclic amines) is 1. The topological polar surface area (TPSA) is 51.2 Å². The molecule has 0 unspecified atom stereocenters. The van der Waals surface area contributed by atoms with Gasteiger partial charge in [0.15, 0.2) is 11.5 Å². The SMILES string of the molecule is COc1ccc2c(c1OC)[C@]13CCN(CC4CC4)[C@H](C2)[C@]12CC[C@](OC)(C3)[C@@H]([C@](C)(O)C(C)(C)C)C2. The Bertz CT molecular complexity index is 1040. The molecule has 6 aliphatic rings. The molecule has 5 aliphatic carbocycles. The maximum Gasteiger partial charge on any atom is 0.164 e. The highest BCUT2D eigenvalue weighted by Crippen LogP contribution is 2.75. The minimum atomic E-state index is -0.827. The molecule has 0 aromatic heterocycles. The van der Waals surface area contributed by atoms with Gasteiger partial charge in [-0.2, -0.15) is 0 Å². The fourth-order valence-corrected chi connectivity index (χ4v) is 9.45. The summed E-state index contributed by atoms with van der Waals surface area (Å²) in [4.78, 5) is 2.86. The number of piperidine rings is 1. The van der Waals surface area contributed by atoms with Crippen molar-refractivity contribution in [2.45, 2.75) is 102 Å². The molecular weight excluding hydrogens is 450 g/mol. The lowest BCUT2D eigenvalue weighted by molar-refractivity contribution is -0.282. The third kappa shape index (κ3) is 3.06. The molecule has 1 aromatic carbocycles. The molecule has 4 saturated carbocycles. The molecule has 1 spiro atoms. The van der Waals surface area contributed by atoms with Crippen molar-refractivity contribution in [2.75, 3.05) is 34.4 Å². The molecule has 0 radical (unpaired) electrons. The lowest BCUT2D eigenvalue weighted by Gasteiger charge is -2.75. The van der Waals surface area contributed by atoms with Crippen molar-refractivity contribution < 1.29 is 19.3 Å². The minimum absolute atomic E-state index is 0.0239. The van der Waals surface area contributed by atoms with Crippen molar-refractivity contribution in [3.63, 3.8) is 0 Å². The number of hydrogen-bond donors (Lipinski definition) is 1. The van der Waals surface area contributed by atoms with Crippen LogP contribution in [0, 0.1) is 22.7 Å². The summed E-state index contributed by atoms with van der Waals surface area (Å²) in [5, 5.41) is 12.2. The van der Waals surface area contributed by atoms with E-state index in [-0.39, 0.29) is 27.8 Å². The highest BCUT2D eigenvalue weighted by Gasteiger charge is 2.75. The van der Waals surface area contributed by atoms with Crippen LogP contribution in [-0.4, -0.2) is 61.7 Å². The van der Waals surface area contributed by atoms with Gasteiger partial charge in [0.25, 0.3) is 0 Å². The van der Waals surface area contributed by atoms with E-state index in [0.717, 1.165) is 62.5 Å². The molecule has 7 rings (SSSR count). The van der Waals surface area contributed by atoms with Gasteiger partial charge in [-0.25, -0.2) is 0 Å². The second kappa shape index (κ2) is 7.86. The van der Waals surface area contributed by atoms with Crippen LogP contribution in [0.15, 0.2) is 12.1 Å². The van der Waals surface area contributed by atoms with E-state index in [2.05, 4.69) is 44.7 Å². The van der Waals surface area contributed by atoms with E-state index < -0.39 is 5.60 Å². The Balaban J connectivity index is 1.57. The summed E-state index contributed by atoms with van der Waals surface area (Å²) < 4.78 is 18.6. The average Bonchev–Trinajstić information content (AvgIpc) is 3.67. The van der Waals surface area contributed by atoms with Crippen LogP contribution in [0.3, 0.4) is 0 Å². The van der Waals surface area contributed by atoms with Gasteiger partial charge in [0.1, 0.15) is 0 Å². The van der Waals surface area contributed by atoms with Crippen LogP contribution in [0.2, 0.25) is 0 Å². The molecule has 36 heavy (non-hydrogen) atoms. The molecule has 4 bridgehead atoms. The molecule has 1 aromatic rings. The third-order valence-corrected chi connectivity index (χ3v) is 12.0. The predicted octanol–water partition coefficient (Wildman–Crippen LogP) is 5.35. The van der Waals surface area contributed by atoms with Crippen LogP contribution < -0.4 is 9.47 Å². The molecule has 1 heterocycles. The van der Waals surface area contributed by atoms with Crippen molar-refractivity contribution in [2.24, 2.45) is 22.7 Å². The first-order valence-corrected chi connectivity index (χ1v) is 14.2. The average molecular weight is 498 g/mol. The molecule has 1 saturated heterocycles. The number of nitrogens with zero attached hydrogens (tertiary/aromatic N) is 1. The maximum absolute atomic E-state index is 12.2. The first-order chi connectivity index (χ1) is 17.0. The van der Waals surface area contributed by atoms with Gasteiger partial charge in [0.2, 0.25) is 0 Å². The van der Waals surface area contributed by atoms with Gasteiger partial charge in [-0.15, -0.1) is 0 Å².